The fourth-order valence-electron chi connectivity index (χ4n) is 3.14. The lowest BCUT2D eigenvalue weighted by Crippen LogP contribution is -2.16. The van der Waals surface area contributed by atoms with E-state index in [2.05, 4.69) is 10.4 Å². The Morgan fingerprint density at radius 1 is 1.24 bits per heavy atom. The van der Waals surface area contributed by atoms with Crippen molar-refractivity contribution >= 4 is 11.6 Å². The van der Waals surface area contributed by atoms with Crippen molar-refractivity contribution in [3.05, 3.63) is 71.6 Å². The van der Waals surface area contributed by atoms with Crippen LogP contribution in [0.2, 0.25) is 0 Å². The minimum Gasteiger partial charge on any atom is -0.488 e. The van der Waals surface area contributed by atoms with Gasteiger partial charge in [-0.1, -0.05) is 0 Å². The van der Waals surface area contributed by atoms with Gasteiger partial charge in [-0.2, -0.15) is 5.10 Å². The monoisotopic (exact) mass is 399 g/mol. The summed E-state index contributed by atoms with van der Waals surface area (Å²) in [4.78, 5) is 12.6. The normalized spacial score (nSPS) is 16.0. The second-order valence-electron chi connectivity index (χ2n) is 6.73. The van der Waals surface area contributed by atoms with Gasteiger partial charge in [0.2, 0.25) is 0 Å². The Labute approximate surface area is 166 Å². The SMILES string of the molecule is Cc1c(C(=O)Nc2ccc(O[C@H]3CCOC3)cc2)cnn1-c1ccc(F)cc1F. The minimum atomic E-state index is -0.758. The van der Waals surface area contributed by atoms with E-state index in [9.17, 15) is 13.6 Å². The first-order valence-corrected chi connectivity index (χ1v) is 9.17. The maximum atomic E-state index is 14.0. The molecule has 0 bridgehead atoms. The third-order valence-electron chi connectivity index (χ3n) is 4.70. The van der Waals surface area contributed by atoms with E-state index in [1.165, 1.54) is 16.9 Å². The third-order valence-corrected chi connectivity index (χ3v) is 4.70. The van der Waals surface area contributed by atoms with Gasteiger partial charge in [-0.25, -0.2) is 13.5 Å². The number of anilines is 1. The number of halogens is 2. The maximum absolute atomic E-state index is 14.0. The summed E-state index contributed by atoms with van der Waals surface area (Å²) in [5.74, 6) is -1.11. The minimum absolute atomic E-state index is 0.0517. The summed E-state index contributed by atoms with van der Waals surface area (Å²) < 4.78 is 39.5. The van der Waals surface area contributed by atoms with Crippen molar-refractivity contribution in [1.29, 1.82) is 0 Å². The highest BCUT2D eigenvalue weighted by Gasteiger charge is 2.19. The number of amides is 1. The fraction of sp³-hybridized carbons (Fsp3) is 0.238. The molecule has 0 unspecified atom stereocenters. The molecule has 1 amide bonds. The van der Waals surface area contributed by atoms with Crippen molar-refractivity contribution in [3.63, 3.8) is 0 Å². The van der Waals surface area contributed by atoms with Crippen LogP contribution >= 0.6 is 0 Å². The number of carbonyl (C=O) groups excluding carboxylic acids is 1. The Morgan fingerprint density at radius 2 is 2.03 bits per heavy atom. The molecule has 8 heteroatoms. The first-order chi connectivity index (χ1) is 14.0. The number of ether oxygens (including phenoxy) is 2. The number of aromatic nitrogens is 2. The van der Waals surface area contributed by atoms with Gasteiger partial charge in [-0.15, -0.1) is 0 Å². The van der Waals surface area contributed by atoms with Crippen LogP contribution in [0.5, 0.6) is 5.75 Å². The molecule has 0 aliphatic carbocycles. The zero-order valence-electron chi connectivity index (χ0n) is 15.7. The molecule has 0 saturated carbocycles. The molecule has 2 heterocycles. The number of benzene rings is 2. The Bertz CT molecular complexity index is 1030. The fourth-order valence-corrected chi connectivity index (χ4v) is 3.14. The van der Waals surface area contributed by atoms with Crippen molar-refractivity contribution in [3.8, 4) is 11.4 Å². The zero-order chi connectivity index (χ0) is 20.4. The van der Waals surface area contributed by atoms with Crippen molar-refractivity contribution < 1.29 is 23.0 Å². The maximum Gasteiger partial charge on any atom is 0.259 e. The second-order valence-corrected chi connectivity index (χ2v) is 6.73. The van der Waals surface area contributed by atoms with Gasteiger partial charge in [-0.3, -0.25) is 4.79 Å². The summed E-state index contributed by atoms with van der Waals surface area (Å²) in [6.45, 7) is 2.93. The van der Waals surface area contributed by atoms with Crippen LogP contribution in [0.1, 0.15) is 22.5 Å². The van der Waals surface area contributed by atoms with Crippen LogP contribution in [-0.2, 0) is 4.74 Å². The lowest BCUT2D eigenvalue weighted by atomic mass is 10.2. The first-order valence-electron chi connectivity index (χ1n) is 9.17. The van der Waals surface area contributed by atoms with Gasteiger partial charge in [0.25, 0.3) is 5.91 Å². The van der Waals surface area contributed by atoms with Gasteiger partial charge in [0.1, 0.15) is 23.4 Å². The van der Waals surface area contributed by atoms with Gasteiger partial charge < -0.3 is 14.8 Å². The van der Waals surface area contributed by atoms with Crippen LogP contribution in [0.3, 0.4) is 0 Å². The Morgan fingerprint density at radius 3 is 2.72 bits per heavy atom. The molecule has 1 N–H and O–H groups in total. The number of hydrogen-bond acceptors (Lipinski definition) is 4. The lowest BCUT2D eigenvalue weighted by molar-refractivity contribution is 0.102. The van der Waals surface area contributed by atoms with E-state index in [-0.39, 0.29) is 23.3 Å². The molecular formula is C21H19F2N3O3. The summed E-state index contributed by atoms with van der Waals surface area (Å²) >= 11 is 0. The quantitative estimate of drug-likeness (QED) is 0.707. The van der Waals surface area contributed by atoms with E-state index < -0.39 is 11.6 Å². The van der Waals surface area contributed by atoms with Crippen molar-refractivity contribution in [2.75, 3.05) is 18.5 Å². The van der Waals surface area contributed by atoms with Crippen LogP contribution in [0.15, 0.2) is 48.7 Å². The molecule has 1 aromatic heterocycles. The lowest BCUT2D eigenvalue weighted by Gasteiger charge is -2.12. The third kappa shape index (κ3) is 4.12. The molecule has 1 atom stereocenters. The molecule has 29 heavy (non-hydrogen) atoms. The predicted molar refractivity (Wildman–Crippen MR) is 102 cm³/mol. The predicted octanol–water partition coefficient (Wildman–Crippen LogP) is 3.88. The topological polar surface area (TPSA) is 65.4 Å². The number of nitrogens with zero attached hydrogens (tertiary/aromatic N) is 2. The summed E-state index contributed by atoms with van der Waals surface area (Å²) in [6.07, 6.45) is 2.26. The molecule has 6 nitrogen and oxygen atoms in total. The van der Waals surface area contributed by atoms with E-state index in [1.807, 2.05) is 0 Å². The van der Waals surface area contributed by atoms with E-state index in [0.29, 0.717) is 30.3 Å². The molecule has 4 rings (SSSR count). The molecule has 0 radical (unpaired) electrons. The average Bonchev–Trinajstić information content (AvgIpc) is 3.33. The van der Waals surface area contributed by atoms with Crippen molar-refractivity contribution in [1.82, 2.24) is 9.78 Å². The summed E-state index contributed by atoms with van der Waals surface area (Å²) in [5, 5.41) is 6.85. The number of carbonyl (C=O) groups is 1. The van der Waals surface area contributed by atoms with Crippen LogP contribution in [-0.4, -0.2) is 35.0 Å². The van der Waals surface area contributed by atoms with Crippen LogP contribution in [0, 0.1) is 18.6 Å². The van der Waals surface area contributed by atoms with Crippen LogP contribution in [0.25, 0.3) is 5.69 Å². The van der Waals surface area contributed by atoms with Gasteiger partial charge in [0.15, 0.2) is 5.82 Å². The highest BCUT2D eigenvalue weighted by molar-refractivity contribution is 6.05. The van der Waals surface area contributed by atoms with Crippen LogP contribution < -0.4 is 10.1 Å². The van der Waals surface area contributed by atoms with Gasteiger partial charge in [0, 0.05) is 18.2 Å². The van der Waals surface area contributed by atoms with E-state index >= 15 is 0 Å². The van der Waals surface area contributed by atoms with Gasteiger partial charge in [0.05, 0.1) is 30.7 Å². The highest BCUT2D eigenvalue weighted by Crippen LogP contribution is 2.22. The summed E-state index contributed by atoms with van der Waals surface area (Å²) in [6, 6.07) is 10.2. The Hall–Kier alpha value is -3.26. The molecule has 1 aliphatic heterocycles. The Balaban J connectivity index is 1.46. The van der Waals surface area contributed by atoms with Gasteiger partial charge >= 0.3 is 0 Å². The molecule has 0 spiro atoms. The second kappa shape index (κ2) is 8.00. The number of nitrogens with one attached hydrogen (secondary N) is 1. The molecular weight excluding hydrogens is 380 g/mol. The smallest absolute Gasteiger partial charge is 0.259 e. The van der Waals surface area contributed by atoms with Gasteiger partial charge in [-0.05, 0) is 43.3 Å². The molecule has 1 saturated heterocycles. The number of hydrogen-bond donors (Lipinski definition) is 1. The largest absolute Gasteiger partial charge is 0.488 e. The highest BCUT2D eigenvalue weighted by atomic mass is 19.1. The van der Waals surface area contributed by atoms with E-state index in [0.717, 1.165) is 18.6 Å². The molecule has 2 aromatic carbocycles. The van der Waals surface area contributed by atoms with Crippen LogP contribution in [0.4, 0.5) is 14.5 Å². The van der Waals surface area contributed by atoms with Crippen molar-refractivity contribution in [2.45, 2.75) is 19.4 Å². The van der Waals surface area contributed by atoms with Crippen molar-refractivity contribution in [2.24, 2.45) is 0 Å². The molecule has 1 aliphatic rings. The average molecular weight is 399 g/mol. The summed E-state index contributed by atoms with van der Waals surface area (Å²) in [7, 11) is 0. The van der Waals surface area contributed by atoms with E-state index in [1.54, 1.807) is 31.2 Å². The Kier molecular flexibility index (Phi) is 5.26. The van der Waals surface area contributed by atoms with E-state index in [4.69, 9.17) is 9.47 Å². The first kappa shape index (κ1) is 19.1. The number of rotatable bonds is 5. The standard InChI is InChI=1S/C21H19F2N3O3/c1-13-18(11-24-26(13)20-7-2-14(22)10-19(20)23)21(27)25-15-3-5-16(6-4-15)29-17-8-9-28-12-17/h2-7,10-11,17H,8-9,12H2,1H3,(H,25,27)/t17-/m0/s1. The molecule has 1 fully saturated rings. The molecule has 150 valence electrons. The zero-order valence-corrected chi connectivity index (χ0v) is 15.7. The molecule has 3 aromatic rings. The summed E-state index contributed by atoms with van der Waals surface area (Å²) in [5.41, 5.74) is 1.39.